The van der Waals surface area contributed by atoms with E-state index in [1.54, 1.807) is 0 Å². The van der Waals surface area contributed by atoms with Crippen molar-refractivity contribution in [2.24, 2.45) is 0 Å². The van der Waals surface area contributed by atoms with E-state index in [-0.39, 0.29) is 0 Å². The summed E-state index contributed by atoms with van der Waals surface area (Å²) in [5.41, 5.74) is 2.04. The molecule has 0 saturated carbocycles. The lowest BCUT2D eigenvalue weighted by Crippen LogP contribution is -1.92. The summed E-state index contributed by atoms with van der Waals surface area (Å²) in [6, 6.07) is 45.4. The average molecular weight is 541 g/mol. The monoisotopic (exact) mass is 540 g/mol. The van der Waals surface area contributed by atoms with Gasteiger partial charge in [-0.1, -0.05) is 97.1 Å². The Morgan fingerprint density at radius 2 is 0.738 bits per heavy atom. The molecular formula is C38H24N2O2. The quantitative estimate of drug-likeness (QED) is 0.218. The predicted octanol–water partition coefficient (Wildman–Crippen LogP) is 10.3. The summed E-state index contributed by atoms with van der Waals surface area (Å²) in [6.45, 7) is 0. The van der Waals surface area contributed by atoms with Crippen LogP contribution in [0.5, 0.6) is 23.3 Å². The fourth-order valence-corrected chi connectivity index (χ4v) is 5.52. The van der Waals surface area contributed by atoms with Crippen LogP contribution < -0.4 is 9.47 Å². The molecule has 0 aliphatic rings. The first-order valence-corrected chi connectivity index (χ1v) is 13.9. The Morgan fingerprint density at radius 1 is 0.357 bits per heavy atom. The van der Waals surface area contributed by atoms with Gasteiger partial charge in [-0.15, -0.1) is 0 Å². The van der Waals surface area contributed by atoms with Crippen molar-refractivity contribution in [3.8, 4) is 34.4 Å². The Hall–Kier alpha value is -5.74. The number of nitrogens with zero attached hydrogens (tertiary/aromatic N) is 2. The van der Waals surface area contributed by atoms with Crippen molar-refractivity contribution in [3.05, 3.63) is 146 Å². The molecule has 2 heterocycles. The summed E-state index contributed by atoms with van der Waals surface area (Å²) in [6.07, 6.45) is 3.70. The summed E-state index contributed by atoms with van der Waals surface area (Å²) in [5, 5.41) is 8.53. The van der Waals surface area contributed by atoms with E-state index in [0.717, 1.165) is 65.7 Å². The largest absolute Gasteiger partial charge is 0.438 e. The van der Waals surface area contributed by atoms with Gasteiger partial charge in [0.15, 0.2) is 0 Å². The van der Waals surface area contributed by atoms with Crippen molar-refractivity contribution in [1.82, 2.24) is 9.97 Å². The van der Waals surface area contributed by atoms with E-state index in [4.69, 9.17) is 9.47 Å². The van der Waals surface area contributed by atoms with Crippen molar-refractivity contribution >= 4 is 43.1 Å². The van der Waals surface area contributed by atoms with Gasteiger partial charge in [0.1, 0.15) is 11.5 Å². The maximum absolute atomic E-state index is 6.46. The van der Waals surface area contributed by atoms with Crippen molar-refractivity contribution in [1.29, 1.82) is 0 Å². The molecule has 0 unspecified atom stereocenters. The Labute approximate surface area is 242 Å². The second kappa shape index (κ2) is 10.0. The first-order valence-electron chi connectivity index (χ1n) is 13.9. The minimum Gasteiger partial charge on any atom is -0.438 e. The fraction of sp³-hybridized carbons (Fsp3) is 0. The smallest absolute Gasteiger partial charge is 0.219 e. The van der Waals surface area contributed by atoms with Gasteiger partial charge in [-0.05, 0) is 56.9 Å². The molecule has 2 aromatic heterocycles. The Kier molecular flexibility index (Phi) is 5.75. The third-order valence-corrected chi connectivity index (χ3v) is 7.62. The van der Waals surface area contributed by atoms with Crippen molar-refractivity contribution in [2.75, 3.05) is 0 Å². The van der Waals surface area contributed by atoms with Crippen LogP contribution in [0.1, 0.15) is 0 Å². The maximum atomic E-state index is 6.46. The normalized spacial score (nSPS) is 11.3. The van der Waals surface area contributed by atoms with Gasteiger partial charge < -0.3 is 9.47 Å². The SMILES string of the molecule is c1ccc2cc(Oc3cc(-c4cc(Oc5cc6ccccc6cn5)c5ccccc5c4)cc4ccccc34)ncc2c1. The lowest BCUT2D eigenvalue weighted by Gasteiger charge is -2.15. The van der Waals surface area contributed by atoms with Gasteiger partial charge in [0.25, 0.3) is 0 Å². The maximum Gasteiger partial charge on any atom is 0.219 e. The van der Waals surface area contributed by atoms with Crippen LogP contribution >= 0.6 is 0 Å². The fourth-order valence-electron chi connectivity index (χ4n) is 5.52. The summed E-state index contributed by atoms with van der Waals surface area (Å²) in [4.78, 5) is 9.17. The highest BCUT2D eigenvalue weighted by molar-refractivity contribution is 5.97. The summed E-state index contributed by atoms with van der Waals surface area (Å²) >= 11 is 0. The molecule has 0 aliphatic heterocycles. The molecule has 0 radical (unpaired) electrons. The van der Waals surface area contributed by atoms with Gasteiger partial charge in [-0.3, -0.25) is 0 Å². The van der Waals surface area contributed by atoms with Gasteiger partial charge in [-0.2, -0.15) is 0 Å². The minimum atomic E-state index is 0.556. The van der Waals surface area contributed by atoms with E-state index >= 15 is 0 Å². The summed E-state index contributed by atoms with van der Waals surface area (Å²) in [7, 11) is 0. The molecule has 8 aromatic rings. The molecular weight excluding hydrogens is 516 g/mol. The van der Waals surface area contributed by atoms with Crippen molar-refractivity contribution < 1.29 is 9.47 Å². The number of hydrogen-bond donors (Lipinski definition) is 0. The number of benzene rings is 6. The van der Waals surface area contributed by atoms with Crippen LogP contribution in [-0.4, -0.2) is 9.97 Å². The van der Waals surface area contributed by atoms with E-state index in [1.165, 1.54) is 0 Å². The average Bonchev–Trinajstić information content (AvgIpc) is 3.04. The molecule has 0 spiro atoms. The minimum absolute atomic E-state index is 0.556. The zero-order valence-corrected chi connectivity index (χ0v) is 22.6. The number of ether oxygens (including phenoxy) is 2. The van der Waals surface area contributed by atoms with Gasteiger partial charge >= 0.3 is 0 Å². The van der Waals surface area contributed by atoms with Gasteiger partial charge in [0, 0.05) is 46.1 Å². The topological polar surface area (TPSA) is 44.2 Å². The van der Waals surface area contributed by atoms with E-state index in [1.807, 2.05) is 73.1 Å². The first-order chi connectivity index (χ1) is 20.8. The summed E-state index contributed by atoms with van der Waals surface area (Å²) < 4.78 is 12.9. The van der Waals surface area contributed by atoms with Gasteiger partial charge in [-0.25, -0.2) is 9.97 Å². The van der Waals surface area contributed by atoms with Gasteiger partial charge in [0.2, 0.25) is 11.8 Å². The van der Waals surface area contributed by atoms with E-state index in [9.17, 15) is 0 Å². The number of pyridine rings is 2. The molecule has 42 heavy (non-hydrogen) atoms. The highest BCUT2D eigenvalue weighted by Crippen LogP contribution is 2.39. The highest BCUT2D eigenvalue weighted by Gasteiger charge is 2.13. The zero-order chi connectivity index (χ0) is 27.9. The number of aromatic nitrogens is 2. The van der Waals surface area contributed by atoms with Gasteiger partial charge in [0.05, 0.1) is 0 Å². The van der Waals surface area contributed by atoms with Crippen LogP contribution in [0.15, 0.2) is 146 Å². The Balaban J connectivity index is 1.24. The molecule has 8 rings (SSSR count). The predicted molar refractivity (Wildman–Crippen MR) is 171 cm³/mol. The van der Waals surface area contributed by atoms with E-state index in [2.05, 4.69) is 82.8 Å². The summed E-state index contributed by atoms with van der Waals surface area (Å²) in [5.74, 6) is 2.61. The standard InChI is InChI=1S/C38H24N2O2/c1-3-13-29-23-39-37(21-25(29)9-1)41-35-19-31(17-27-11-5-7-15-33(27)35)32-18-28-12-6-8-16-34(28)36(20-32)42-38-22-26-10-2-4-14-30(26)24-40-38/h1-24H. The molecule has 0 N–H and O–H groups in total. The van der Waals surface area contributed by atoms with Crippen molar-refractivity contribution in [2.45, 2.75) is 0 Å². The lowest BCUT2D eigenvalue weighted by atomic mass is 9.97. The molecule has 0 saturated heterocycles. The second-order valence-electron chi connectivity index (χ2n) is 10.3. The number of fused-ring (bicyclic) bond motifs is 4. The Bertz CT molecular complexity index is 2110. The third-order valence-electron chi connectivity index (χ3n) is 7.62. The van der Waals surface area contributed by atoms with Crippen LogP contribution in [0.2, 0.25) is 0 Å². The van der Waals surface area contributed by atoms with Crippen LogP contribution in [0, 0.1) is 0 Å². The highest BCUT2D eigenvalue weighted by atomic mass is 16.5. The Morgan fingerprint density at radius 3 is 1.19 bits per heavy atom. The van der Waals surface area contributed by atoms with Crippen LogP contribution in [-0.2, 0) is 0 Å². The molecule has 0 atom stereocenters. The molecule has 0 amide bonds. The first kappa shape index (κ1) is 24.1. The molecule has 0 aliphatic carbocycles. The van der Waals surface area contributed by atoms with Crippen LogP contribution in [0.3, 0.4) is 0 Å². The lowest BCUT2D eigenvalue weighted by molar-refractivity contribution is 0.468. The van der Waals surface area contributed by atoms with Crippen LogP contribution in [0.25, 0.3) is 54.2 Å². The number of rotatable bonds is 5. The van der Waals surface area contributed by atoms with Crippen LogP contribution in [0.4, 0.5) is 0 Å². The number of hydrogen-bond acceptors (Lipinski definition) is 4. The molecule has 4 heteroatoms. The molecule has 198 valence electrons. The molecule has 0 bridgehead atoms. The second-order valence-corrected chi connectivity index (χ2v) is 10.3. The van der Waals surface area contributed by atoms with E-state index < -0.39 is 0 Å². The van der Waals surface area contributed by atoms with Crippen molar-refractivity contribution in [3.63, 3.8) is 0 Å². The molecule has 0 fully saturated rings. The van der Waals surface area contributed by atoms with E-state index in [0.29, 0.717) is 11.8 Å². The third kappa shape index (κ3) is 4.45. The zero-order valence-electron chi connectivity index (χ0n) is 22.6. The molecule has 4 nitrogen and oxygen atoms in total. The molecule has 6 aromatic carbocycles.